The van der Waals surface area contributed by atoms with Gasteiger partial charge in [0.25, 0.3) is 23.8 Å². The summed E-state index contributed by atoms with van der Waals surface area (Å²) in [6.07, 6.45) is 0.870. The fourth-order valence-corrected chi connectivity index (χ4v) is 4.36. The van der Waals surface area contributed by atoms with E-state index < -0.39 is 11.4 Å². The molecule has 0 aliphatic heterocycles. The number of hydrogen-bond acceptors (Lipinski definition) is 10. The largest absolute Gasteiger partial charge is 0.480 e. The van der Waals surface area contributed by atoms with Crippen LogP contribution in [-0.2, 0) is 19.7 Å². The number of rotatable bonds is 6. The molecule has 1 saturated carbocycles. The number of oxazole rings is 2. The molecular formula is C25H24N4O6S. The van der Waals surface area contributed by atoms with Gasteiger partial charge in [0, 0.05) is 7.05 Å². The lowest BCUT2D eigenvalue weighted by Crippen LogP contribution is -2.19. The number of carboxylic acids is 1. The van der Waals surface area contributed by atoms with E-state index in [1.54, 1.807) is 0 Å². The van der Waals surface area contributed by atoms with Gasteiger partial charge in [0.2, 0.25) is 5.89 Å². The molecule has 0 saturated heterocycles. The number of nitrogens with zero attached hydrogens (tertiary/aromatic N) is 3. The van der Waals surface area contributed by atoms with Crippen molar-refractivity contribution < 1.29 is 28.3 Å². The maximum Gasteiger partial charge on any atom is 0.319 e. The highest BCUT2D eigenvalue weighted by molar-refractivity contribution is 7.07. The molecule has 3 heterocycles. The van der Waals surface area contributed by atoms with Crippen molar-refractivity contribution in [2.45, 2.75) is 45.1 Å². The van der Waals surface area contributed by atoms with Crippen molar-refractivity contribution in [2.75, 3.05) is 12.4 Å². The van der Waals surface area contributed by atoms with Crippen LogP contribution in [0.15, 0.2) is 33.1 Å². The van der Waals surface area contributed by atoms with E-state index in [4.69, 9.17) is 13.6 Å². The first-order chi connectivity index (χ1) is 17.3. The minimum absolute atomic E-state index is 0.145. The van der Waals surface area contributed by atoms with Crippen molar-refractivity contribution in [2.24, 2.45) is 0 Å². The van der Waals surface area contributed by atoms with Gasteiger partial charge < -0.3 is 24.0 Å². The van der Waals surface area contributed by atoms with Gasteiger partial charge in [-0.1, -0.05) is 24.3 Å². The standard InChI is InChI=1S/C15H12N4O4S.C10H12O2/c1-7-10(16-2)8(24-19-7)3-4-9-17-11-12(22-9)18-13(23-11)15(5-6-15)14(20)21;1-8-5-3-4-6-10(8)9(2)12-7-11/h16H,5-6H2,1-2H3,(H,20,21);3-7,9H,1-2H3. The van der Waals surface area contributed by atoms with E-state index in [0.29, 0.717) is 19.3 Å². The average Bonchev–Trinajstić information content (AvgIpc) is 3.27. The molecule has 1 atom stereocenters. The smallest absolute Gasteiger partial charge is 0.319 e. The van der Waals surface area contributed by atoms with Crippen LogP contribution >= 0.6 is 11.5 Å². The number of aromatic nitrogens is 3. The Bertz CT molecular complexity index is 1440. The number of anilines is 1. The number of carbonyl (C=O) groups is 2. The lowest BCUT2D eigenvalue weighted by atomic mass is 10.1. The molecule has 1 aromatic carbocycles. The number of aryl methyl sites for hydroxylation is 2. The van der Waals surface area contributed by atoms with E-state index in [9.17, 15) is 14.7 Å². The molecule has 0 radical (unpaired) electrons. The Labute approximate surface area is 210 Å². The van der Waals surface area contributed by atoms with Crippen molar-refractivity contribution >= 4 is 41.1 Å². The molecule has 1 unspecified atom stereocenters. The van der Waals surface area contributed by atoms with Crippen LogP contribution in [-0.4, -0.2) is 38.9 Å². The summed E-state index contributed by atoms with van der Waals surface area (Å²) in [5.74, 6) is 5.13. The highest BCUT2D eigenvalue weighted by Gasteiger charge is 2.56. The molecule has 0 amide bonds. The number of nitrogens with one attached hydrogen (secondary N) is 1. The Hall–Kier alpha value is -4.17. The van der Waals surface area contributed by atoms with Crippen LogP contribution in [0, 0.1) is 25.7 Å². The summed E-state index contributed by atoms with van der Waals surface area (Å²) in [5.41, 5.74) is 3.27. The third-order valence-electron chi connectivity index (χ3n) is 5.83. The summed E-state index contributed by atoms with van der Waals surface area (Å²) in [4.78, 5) is 30.4. The minimum Gasteiger partial charge on any atom is -0.480 e. The first-order valence-electron chi connectivity index (χ1n) is 11.1. The van der Waals surface area contributed by atoms with Crippen molar-refractivity contribution in [1.29, 1.82) is 0 Å². The van der Waals surface area contributed by atoms with E-state index in [-0.39, 0.29) is 29.3 Å². The second-order valence-corrected chi connectivity index (χ2v) is 9.01. The Morgan fingerprint density at radius 2 is 1.94 bits per heavy atom. The maximum atomic E-state index is 11.3. The molecule has 5 rings (SSSR count). The molecule has 1 aliphatic rings. The van der Waals surface area contributed by atoms with E-state index in [0.717, 1.165) is 27.4 Å². The van der Waals surface area contributed by atoms with Gasteiger partial charge in [-0.2, -0.15) is 14.3 Å². The highest BCUT2D eigenvalue weighted by atomic mass is 32.1. The summed E-state index contributed by atoms with van der Waals surface area (Å²) in [6.45, 7) is 6.24. The first kappa shape index (κ1) is 24.9. The summed E-state index contributed by atoms with van der Waals surface area (Å²) in [5, 5.41) is 12.3. The maximum absolute atomic E-state index is 11.3. The van der Waals surface area contributed by atoms with Gasteiger partial charge >= 0.3 is 5.97 Å². The Morgan fingerprint density at radius 3 is 2.56 bits per heavy atom. The van der Waals surface area contributed by atoms with Gasteiger partial charge in [-0.3, -0.25) is 9.59 Å². The number of ether oxygens (including phenoxy) is 1. The second-order valence-electron chi connectivity index (χ2n) is 8.24. The van der Waals surface area contributed by atoms with Crippen LogP contribution in [0.5, 0.6) is 0 Å². The molecular weight excluding hydrogens is 484 g/mol. The first-order valence-corrected chi connectivity index (χ1v) is 11.9. The molecule has 3 aromatic heterocycles. The second kappa shape index (κ2) is 10.2. The van der Waals surface area contributed by atoms with Crippen LogP contribution in [0.1, 0.15) is 59.3 Å². The number of aliphatic carboxylic acids is 1. The highest BCUT2D eigenvalue weighted by Crippen LogP contribution is 2.48. The van der Waals surface area contributed by atoms with Crippen LogP contribution in [0.3, 0.4) is 0 Å². The number of hydrogen-bond donors (Lipinski definition) is 2. The number of carboxylic acid groups (broad SMARTS) is 1. The molecule has 186 valence electrons. The van der Waals surface area contributed by atoms with Gasteiger partial charge in [-0.15, -0.1) is 0 Å². The number of fused-ring (bicyclic) bond motifs is 1. The Balaban J connectivity index is 0.000000214. The molecule has 4 aromatic rings. The molecule has 36 heavy (non-hydrogen) atoms. The molecule has 0 bridgehead atoms. The topological polar surface area (TPSA) is 141 Å². The van der Waals surface area contributed by atoms with Crippen molar-refractivity contribution in [3.8, 4) is 11.8 Å². The third-order valence-corrected chi connectivity index (χ3v) is 6.68. The van der Waals surface area contributed by atoms with Crippen molar-refractivity contribution in [1.82, 2.24) is 14.3 Å². The van der Waals surface area contributed by atoms with Gasteiger partial charge in [0.15, 0.2) is 0 Å². The van der Waals surface area contributed by atoms with Crippen LogP contribution < -0.4 is 5.32 Å². The zero-order valence-electron chi connectivity index (χ0n) is 20.1. The van der Waals surface area contributed by atoms with E-state index >= 15 is 0 Å². The van der Waals surface area contributed by atoms with E-state index in [1.165, 1.54) is 11.5 Å². The zero-order valence-corrected chi connectivity index (χ0v) is 20.9. The van der Waals surface area contributed by atoms with E-state index in [2.05, 4.69) is 31.5 Å². The lowest BCUT2D eigenvalue weighted by Gasteiger charge is -2.11. The minimum atomic E-state index is -1.02. The Morgan fingerprint density at radius 1 is 1.22 bits per heavy atom. The van der Waals surface area contributed by atoms with Crippen molar-refractivity contribution in [3.63, 3.8) is 0 Å². The monoisotopic (exact) mass is 508 g/mol. The fraction of sp³-hybridized carbons (Fsp3) is 0.320. The number of benzene rings is 1. The zero-order chi connectivity index (χ0) is 25.9. The van der Waals surface area contributed by atoms with E-state index in [1.807, 2.05) is 52.1 Å². The normalized spacial score (nSPS) is 14.1. The quantitative estimate of drug-likeness (QED) is 0.285. The van der Waals surface area contributed by atoms with Crippen LogP contribution in [0.25, 0.3) is 11.4 Å². The van der Waals surface area contributed by atoms with Gasteiger partial charge in [0.1, 0.15) is 16.4 Å². The summed E-state index contributed by atoms with van der Waals surface area (Å²) < 4.78 is 19.9. The van der Waals surface area contributed by atoms with Gasteiger partial charge in [0.05, 0.1) is 11.4 Å². The molecule has 11 heteroatoms. The van der Waals surface area contributed by atoms with Crippen molar-refractivity contribution in [3.05, 3.63) is 57.7 Å². The molecule has 10 nitrogen and oxygen atoms in total. The SMILES string of the molecule is CNc1c(C)nsc1C#Cc1nc2oc(C3(C(=O)O)CC3)nc2o1.Cc1ccccc1C(C)OC=O. The molecule has 1 fully saturated rings. The molecule has 1 aliphatic carbocycles. The molecule has 2 N–H and O–H groups in total. The third kappa shape index (κ3) is 4.94. The summed E-state index contributed by atoms with van der Waals surface area (Å²) >= 11 is 1.29. The molecule has 0 spiro atoms. The number of carbonyl (C=O) groups excluding carboxylic acids is 1. The predicted molar refractivity (Wildman–Crippen MR) is 132 cm³/mol. The lowest BCUT2D eigenvalue weighted by molar-refractivity contribution is -0.140. The average molecular weight is 509 g/mol. The fourth-order valence-electron chi connectivity index (χ4n) is 3.60. The summed E-state index contributed by atoms with van der Waals surface area (Å²) in [6, 6.07) is 7.86. The summed E-state index contributed by atoms with van der Waals surface area (Å²) in [7, 11) is 1.81. The Kier molecular flexibility index (Phi) is 7.07. The van der Waals surface area contributed by atoms with Gasteiger partial charge in [-0.25, -0.2) is 0 Å². The van der Waals surface area contributed by atoms with Crippen LogP contribution in [0.4, 0.5) is 5.69 Å². The van der Waals surface area contributed by atoms with Gasteiger partial charge in [-0.05, 0) is 68.1 Å². The predicted octanol–water partition coefficient (Wildman–Crippen LogP) is 4.37. The van der Waals surface area contributed by atoms with Crippen LogP contribution in [0.2, 0.25) is 0 Å².